The summed E-state index contributed by atoms with van der Waals surface area (Å²) in [5.41, 5.74) is 1.57. The van der Waals surface area contributed by atoms with Crippen LogP contribution in [0.4, 0.5) is 4.79 Å². The Hall–Kier alpha value is -1.79. The van der Waals surface area contributed by atoms with E-state index < -0.39 is 5.60 Å². The van der Waals surface area contributed by atoms with Crippen molar-refractivity contribution in [2.75, 3.05) is 19.6 Å². The predicted molar refractivity (Wildman–Crippen MR) is 111 cm³/mol. The number of urea groups is 1. The van der Waals surface area contributed by atoms with Crippen LogP contribution in [0.1, 0.15) is 56.1 Å². The summed E-state index contributed by atoms with van der Waals surface area (Å²) in [6, 6.07) is 5.75. The Morgan fingerprint density at radius 2 is 1.93 bits per heavy atom. The van der Waals surface area contributed by atoms with Gasteiger partial charge in [0.15, 0.2) is 0 Å². The Balaban J connectivity index is 1.40. The summed E-state index contributed by atoms with van der Waals surface area (Å²) < 4.78 is 0. The monoisotopic (exact) mass is 399 g/mol. The zero-order valence-corrected chi connectivity index (χ0v) is 17.1. The minimum absolute atomic E-state index is 0.0783. The maximum absolute atomic E-state index is 11.9. The largest absolute Gasteiger partial charge is 0.508 e. The number of phenols is 1. The fourth-order valence-electron chi connectivity index (χ4n) is 5.77. The minimum atomic E-state index is -0.736. The number of fused-ring (bicyclic) bond motifs is 1. The third-order valence-electron chi connectivity index (χ3n) is 7.78. The van der Waals surface area contributed by atoms with Crippen molar-refractivity contribution < 1.29 is 15.0 Å². The summed E-state index contributed by atoms with van der Waals surface area (Å²) in [7, 11) is 0. The Morgan fingerprint density at radius 1 is 1.14 bits per heavy atom. The summed E-state index contributed by atoms with van der Waals surface area (Å²) in [6.45, 7) is 2.76. The third kappa shape index (κ3) is 3.84. The molecule has 0 radical (unpaired) electrons. The van der Waals surface area contributed by atoms with E-state index in [0.717, 1.165) is 51.1 Å². The standard InChI is InChI=1S/C23H33N3O3/c27-19-6-5-18-13-20(26(14-16-3-4-16)11-1-2-17(18)12-19)23(29)9-7-22(8-10-23)15-24-21(28)25-22/h5-6,12,16,20,27,29H,1-4,7-11,13-15H2,(H2,24,25,28)/t20-,22?,23?/m1/s1. The summed E-state index contributed by atoms with van der Waals surface area (Å²) >= 11 is 0. The van der Waals surface area contributed by atoms with E-state index in [1.54, 1.807) is 6.07 Å². The van der Waals surface area contributed by atoms with Crippen LogP contribution >= 0.6 is 0 Å². The topological polar surface area (TPSA) is 84.8 Å². The smallest absolute Gasteiger partial charge is 0.315 e. The lowest BCUT2D eigenvalue weighted by Gasteiger charge is -2.49. The number of rotatable bonds is 3. The molecule has 2 saturated carbocycles. The van der Waals surface area contributed by atoms with Gasteiger partial charge in [0.2, 0.25) is 0 Å². The summed E-state index contributed by atoms with van der Waals surface area (Å²) in [5.74, 6) is 1.12. The van der Waals surface area contributed by atoms with E-state index in [9.17, 15) is 15.0 Å². The van der Waals surface area contributed by atoms with Crippen LogP contribution in [0, 0.1) is 5.92 Å². The Bertz CT molecular complexity index is 784. The van der Waals surface area contributed by atoms with Crippen LogP contribution in [0.3, 0.4) is 0 Å². The van der Waals surface area contributed by atoms with Crippen LogP contribution < -0.4 is 10.6 Å². The second-order valence-corrected chi connectivity index (χ2v) is 9.91. The fraction of sp³-hybridized carbons (Fsp3) is 0.696. The average Bonchev–Trinajstić information content (AvgIpc) is 3.43. The number of carbonyl (C=O) groups is 1. The van der Waals surface area contributed by atoms with Gasteiger partial charge in [0.05, 0.1) is 11.1 Å². The van der Waals surface area contributed by atoms with E-state index in [1.165, 1.54) is 24.0 Å². The van der Waals surface area contributed by atoms with Gasteiger partial charge in [0.1, 0.15) is 5.75 Å². The molecule has 6 heteroatoms. The molecule has 0 aromatic heterocycles. The molecule has 6 nitrogen and oxygen atoms in total. The molecule has 1 atom stereocenters. The predicted octanol–water partition coefficient (Wildman–Crippen LogP) is 2.32. The van der Waals surface area contributed by atoms with E-state index in [2.05, 4.69) is 15.5 Å². The first-order valence-corrected chi connectivity index (χ1v) is 11.3. The van der Waals surface area contributed by atoms with Gasteiger partial charge in [0, 0.05) is 19.1 Å². The molecule has 1 saturated heterocycles. The van der Waals surface area contributed by atoms with E-state index in [4.69, 9.17) is 0 Å². The van der Waals surface area contributed by atoms with Gasteiger partial charge in [0.25, 0.3) is 0 Å². The van der Waals surface area contributed by atoms with Crippen molar-refractivity contribution in [2.45, 2.75) is 75.0 Å². The van der Waals surface area contributed by atoms with E-state index in [-0.39, 0.29) is 17.6 Å². The second kappa shape index (κ2) is 7.17. The van der Waals surface area contributed by atoms with Gasteiger partial charge < -0.3 is 20.8 Å². The van der Waals surface area contributed by atoms with Crippen LogP contribution in [-0.2, 0) is 12.8 Å². The lowest BCUT2D eigenvalue weighted by Crippen LogP contribution is -2.60. The molecule has 0 unspecified atom stereocenters. The molecule has 29 heavy (non-hydrogen) atoms. The SMILES string of the molecule is O=C1NCC2(CCC(O)([C@H]3Cc4ccc(O)cc4CCCN3CC3CC3)CC2)N1. The van der Waals surface area contributed by atoms with Crippen molar-refractivity contribution in [3.63, 3.8) is 0 Å². The van der Waals surface area contributed by atoms with Gasteiger partial charge in [-0.2, -0.15) is 0 Å². The Morgan fingerprint density at radius 3 is 2.62 bits per heavy atom. The Kier molecular flexibility index (Phi) is 4.74. The molecular formula is C23H33N3O3. The van der Waals surface area contributed by atoms with Crippen molar-refractivity contribution in [1.82, 2.24) is 15.5 Å². The van der Waals surface area contributed by atoms with Gasteiger partial charge >= 0.3 is 6.03 Å². The maximum Gasteiger partial charge on any atom is 0.315 e. The van der Waals surface area contributed by atoms with Crippen molar-refractivity contribution in [2.24, 2.45) is 5.92 Å². The molecule has 158 valence electrons. The zero-order valence-electron chi connectivity index (χ0n) is 17.1. The van der Waals surface area contributed by atoms with Crippen molar-refractivity contribution in [3.8, 4) is 5.75 Å². The number of aromatic hydroxyl groups is 1. The van der Waals surface area contributed by atoms with Crippen molar-refractivity contribution >= 4 is 6.03 Å². The number of nitrogens with one attached hydrogen (secondary N) is 2. The molecule has 2 amide bonds. The van der Waals surface area contributed by atoms with Gasteiger partial charge in [-0.1, -0.05) is 6.07 Å². The quantitative estimate of drug-likeness (QED) is 0.629. The first kappa shape index (κ1) is 19.2. The highest BCUT2D eigenvalue weighted by atomic mass is 16.3. The minimum Gasteiger partial charge on any atom is -0.508 e. The molecule has 1 aromatic carbocycles. The van der Waals surface area contributed by atoms with Crippen LogP contribution in [0.15, 0.2) is 18.2 Å². The van der Waals surface area contributed by atoms with Crippen LogP contribution in [-0.4, -0.2) is 58.0 Å². The van der Waals surface area contributed by atoms with Crippen LogP contribution in [0.25, 0.3) is 0 Å². The number of phenolic OH excluding ortho intramolecular Hbond substituents is 1. The van der Waals surface area contributed by atoms with Gasteiger partial charge in [-0.3, -0.25) is 4.90 Å². The summed E-state index contributed by atoms with van der Waals surface area (Å²) in [4.78, 5) is 14.3. The highest BCUT2D eigenvalue weighted by Gasteiger charge is 2.50. The number of amides is 2. The highest BCUT2D eigenvalue weighted by Crippen LogP contribution is 2.42. The molecule has 2 aliphatic heterocycles. The second-order valence-electron chi connectivity index (χ2n) is 9.91. The molecule has 0 bridgehead atoms. The fourth-order valence-corrected chi connectivity index (χ4v) is 5.77. The molecule has 4 aliphatic rings. The number of aliphatic hydroxyl groups is 1. The highest BCUT2D eigenvalue weighted by molar-refractivity contribution is 5.77. The number of carbonyl (C=O) groups excluding carboxylic acids is 1. The number of hydrogen-bond donors (Lipinski definition) is 4. The molecule has 4 N–H and O–H groups in total. The van der Waals surface area contributed by atoms with Crippen molar-refractivity contribution in [1.29, 1.82) is 0 Å². The van der Waals surface area contributed by atoms with Gasteiger partial charge in [-0.25, -0.2) is 4.79 Å². The van der Waals surface area contributed by atoms with E-state index in [0.29, 0.717) is 25.1 Å². The molecular weight excluding hydrogens is 366 g/mol. The zero-order chi connectivity index (χ0) is 20.1. The summed E-state index contributed by atoms with van der Waals surface area (Å²) in [5, 5.41) is 27.8. The number of hydrogen-bond acceptors (Lipinski definition) is 4. The molecule has 1 aromatic rings. The summed E-state index contributed by atoms with van der Waals surface area (Å²) in [6.07, 6.45) is 8.56. The maximum atomic E-state index is 11.9. The van der Waals surface area contributed by atoms with Gasteiger partial charge in [-0.05, 0) is 93.5 Å². The lowest BCUT2D eigenvalue weighted by atomic mass is 9.69. The normalized spacial score (nSPS) is 35.5. The number of nitrogens with zero attached hydrogens (tertiary/aromatic N) is 1. The number of benzene rings is 1. The first-order valence-electron chi connectivity index (χ1n) is 11.3. The first-order chi connectivity index (χ1) is 13.9. The van der Waals surface area contributed by atoms with Crippen LogP contribution in [0.5, 0.6) is 5.75 Å². The molecule has 3 fully saturated rings. The van der Waals surface area contributed by atoms with Gasteiger partial charge in [-0.15, -0.1) is 0 Å². The molecule has 2 heterocycles. The third-order valence-corrected chi connectivity index (χ3v) is 7.78. The lowest BCUT2D eigenvalue weighted by molar-refractivity contribution is -0.0860. The molecule has 2 aliphatic carbocycles. The van der Waals surface area contributed by atoms with Crippen LogP contribution in [0.2, 0.25) is 0 Å². The molecule has 1 spiro atoms. The molecule has 5 rings (SSSR count). The van der Waals surface area contributed by atoms with Crippen molar-refractivity contribution in [3.05, 3.63) is 29.3 Å². The average molecular weight is 400 g/mol. The Labute approximate surface area is 172 Å². The number of aryl methyl sites for hydroxylation is 1. The van der Waals surface area contributed by atoms with E-state index in [1.807, 2.05) is 12.1 Å². The van der Waals surface area contributed by atoms with E-state index >= 15 is 0 Å².